The molecule has 0 saturated heterocycles. The smallest absolute Gasteiger partial charge is 0.330 e. The van der Waals surface area contributed by atoms with Crippen molar-refractivity contribution < 1.29 is 28.4 Å². The van der Waals surface area contributed by atoms with E-state index < -0.39 is 52.3 Å². The van der Waals surface area contributed by atoms with Crippen molar-refractivity contribution in [1.82, 2.24) is 10.6 Å². The predicted octanol–water partition coefficient (Wildman–Crippen LogP) is 3.70. The van der Waals surface area contributed by atoms with E-state index in [0.717, 1.165) is 31.0 Å². The number of nitro groups is 1. The van der Waals surface area contributed by atoms with Crippen LogP contribution in [0.5, 0.6) is 0 Å². The summed E-state index contributed by atoms with van der Waals surface area (Å²) in [6.45, 7) is 3.32. The van der Waals surface area contributed by atoms with Gasteiger partial charge >= 0.3 is 5.97 Å². The molecule has 0 aromatic heterocycles. The number of rotatable bonds is 9. The van der Waals surface area contributed by atoms with Crippen LogP contribution < -0.4 is 10.6 Å². The van der Waals surface area contributed by atoms with Crippen molar-refractivity contribution in [2.75, 3.05) is 0 Å². The SMILES string of the molecule is CC(C)[C@H](NC(=O)c1ccc(Cl)c([N+](=O)[O-])c1)C(=O)O[C@@H](C(=O)NC1CC1)c1ccc(F)cc1. The van der Waals surface area contributed by atoms with E-state index in [1.54, 1.807) is 13.8 Å². The van der Waals surface area contributed by atoms with Gasteiger partial charge in [-0.3, -0.25) is 19.7 Å². The van der Waals surface area contributed by atoms with Crippen LogP contribution in [0.3, 0.4) is 0 Å². The fraction of sp³-hybridized carbons (Fsp3) is 0.348. The molecule has 1 saturated carbocycles. The maximum Gasteiger partial charge on any atom is 0.330 e. The van der Waals surface area contributed by atoms with E-state index in [0.29, 0.717) is 0 Å². The summed E-state index contributed by atoms with van der Waals surface area (Å²) in [5.74, 6) is -3.15. The minimum atomic E-state index is -1.34. The van der Waals surface area contributed by atoms with Crippen LogP contribution in [0.15, 0.2) is 42.5 Å². The maximum absolute atomic E-state index is 13.4. The Hall–Kier alpha value is -3.53. The van der Waals surface area contributed by atoms with Gasteiger partial charge in [0.25, 0.3) is 17.5 Å². The summed E-state index contributed by atoms with van der Waals surface area (Å²) >= 11 is 5.79. The van der Waals surface area contributed by atoms with Crippen molar-refractivity contribution in [2.24, 2.45) is 5.92 Å². The van der Waals surface area contributed by atoms with E-state index in [-0.39, 0.29) is 22.2 Å². The van der Waals surface area contributed by atoms with Gasteiger partial charge in [0.1, 0.15) is 16.9 Å². The third-order valence-corrected chi connectivity index (χ3v) is 5.50. The summed E-state index contributed by atoms with van der Waals surface area (Å²) in [6, 6.07) is 7.32. The van der Waals surface area contributed by atoms with Crippen LogP contribution in [-0.4, -0.2) is 34.8 Å². The highest BCUT2D eigenvalue weighted by atomic mass is 35.5. The van der Waals surface area contributed by atoms with Crippen molar-refractivity contribution in [3.05, 3.63) is 74.5 Å². The van der Waals surface area contributed by atoms with Crippen LogP contribution >= 0.6 is 11.6 Å². The van der Waals surface area contributed by atoms with Gasteiger partial charge in [-0.05, 0) is 43.0 Å². The highest BCUT2D eigenvalue weighted by Crippen LogP contribution is 2.26. The van der Waals surface area contributed by atoms with Crippen molar-refractivity contribution in [2.45, 2.75) is 44.9 Å². The Labute approximate surface area is 199 Å². The van der Waals surface area contributed by atoms with Crippen LogP contribution in [0.2, 0.25) is 5.02 Å². The molecule has 180 valence electrons. The molecule has 11 heteroatoms. The summed E-state index contributed by atoms with van der Waals surface area (Å²) < 4.78 is 18.9. The summed E-state index contributed by atoms with van der Waals surface area (Å²) in [4.78, 5) is 48.9. The molecule has 1 aliphatic rings. The number of halogens is 2. The van der Waals surface area contributed by atoms with Gasteiger partial charge in [-0.1, -0.05) is 37.6 Å². The Kier molecular flexibility index (Phi) is 7.83. The lowest BCUT2D eigenvalue weighted by atomic mass is 10.0. The van der Waals surface area contributed by atoms with Gasteiger partial charge in [0.15, 0.2) is 0 Å². The Morgan fingerprint density at radius 2 is 1.79 bits per heavy atom. The molecule has 0 unspecified atom stereocenters. The van der Waals surface area contributed by atoms with Crippen LogP contribution in [0.25, 0.3) is 0 Å². The summed E-state index contributed by atoms with van der Waals surface area (Å²) in [7, 11) is 0. The third-order valence-electron chi connectivity index (χ3n) is 5.18. The summed E-state index contributed by atoms with van der Waals surface area (Å²) in [5.41, 5.74) is -0.253. The fourth-order valence-corrected chi connectivity index (χ4v) is 3.31. The molecule has 0 spiro atoms. The molecule has 0 radical (unpaired) electrons. The van der Waals surface area contributed by atoms with Gasteiger partial charge in [0.2, 0.25) is 6.10 Å². The molecule has 1 fully saturated rings. The Bertz CT molecular complexity index is 1100. The number of hydrogen-bond acceptors (Lipinski definition) is 6. The van der Waals surface area contributed by atoms with E-state index in [2.05, 4.69) is 10.6 Å². The molecule has 2 amide bonds. The normalized spacial score (nSPS) is 14.7. The first-order valence-corrected chi connectivity index (χ1v) is 11.0. The molecule has 0 aliphatic heterocycles. The Morgan fingerprint density at radius 1 is 1.15 bits per heavy atom. The molecular formula is C23H23ClFN3O6. The molecule has 2 atom stereocenters. The van der Waals surface area contributed by atoms with Gasteiger partial charge in [-0.2, -0.15) is 0 Å². The molecule has 1 aliphatic carbocycles. The Balaban J connectivity index is 1.79. The molecule has 2 aromatic carbocycles. The van der Waals surface area contributed by atoms with Gasteiger partial charge in [-0.15, -0.1) is 0 Å². The third kappa shape index (κ3) is 6.28. The van der Waals surface area contributed by atoms with Crippen molar-refractivity contribution in [1.29, 1.82) is 0 Å². The van der Waals surface area contributed by atoms with Crippen LogP contribution in [0.1, 0.15) is 48.7 Å². The monoisotopic (exact) mass is 491 g/mol. The summed E-state index contributed by atoms with van der Waals surface area (Å²) in [5, 5.41) is 16.2. The average Bonchev–Trinajstić information content (AvgIpc) is 3.60. The number of amides is 2. The number of carbonyl (C=O) groups excluding carboxylic acids is 3. The number of ether oxygens (including phenoxy) is 1. The zero-order valence-corrected chi connectivity index (χ0v) is 19.2. The topological polar surface area (TPSA) is 128 Å². The highest BCUT2D eigenvalue weighted by Gasteiger charge is 2.34. The number of nitrogens with one attached hydrogen (secondary N) is 2. The number of carbonyl (C=O) groups is 3. The first kappa shape index (κ1) is 25.1. The molecule has 0 heterocycles. The lowest BCUT2D eigenvalue weighted by Gasteiger charge is -2.24. The number of nitrogens with zero attached hydrogens (tertiary/aromatic N) is 1. The molecule has 34 heavy (non-hydrogen) atoms. The molecule has 3 rings (SSSR count). The second-order valence-electron chi connectivity index (χ2n) is 8.27. The molecule has 9 nitrogen and oxygen atoms in total. The van der Waals surface area contributed by atoms with Crippen LogP contribution in [0, 0.1) is 21.8 Å². The van der Waals surface area contributed by atoms with Gasteiger partial charge < -0.3 is 15.4 Å². The molecule has 0 bridgehead atoms. The first-order valence-electron chi connectivity index (χ1n) is 10.6. The van der Waals surface area contributed by atoms with Crippen LogP contribution in [-0.2, 0) is 14.3 Å². The lowest BCUT2D eigenvalue weighted by Crippen LogP contribution is -2.46. The van der Waals surface area contributed by atoms with E-state index in [1.165, 1.54) is 24.3 Å². The van der Waals surface area contributed by atoms with Crippen molar-refractivity contribution >= 4 is 35.1 Å². The number of benzene rings is 2. The number of nitro benzene ring substituents is 1. The van der Waals surface area contributed by atoms with Crippen LogP contribution in [0.4, 0.5) is 10.1 Å². The highest BCUT2D eigenvalue weighted by molar-refractivity contribution is 6.32. The Morgan fingerprint density at radius 3 is 2.35 bits per heavy atom. The summed E-state index contributed by atoms with van der Waals surface area (Å²) in [6.07, 6.45) is 0.282. The molecule has 2 aromatic rings. The second kappa shape index (κ2) is 10.6. The molecular weight excluding hydrogens is 469 g/mol. The fourth-order valence-electron chi connectivity index (χ4n) is 3.12. The zero-order valence-electron chi connectivity index (χ0n) is 18.4. The predicted molar refractivity (Wildman–Crippen MR) is 121 cm³/mol. The van der Waals surface area contributed by atoms with Gasteiger partial charge in [0.05, 0.1) is 4.92 Å². The number of hydrogen-bond donors (Lipinski definition) is 2. The lowest BCUT2D eigenvalue weighted by molar-refractivity contribution is -0.384. The minimum absolute atomic E-state index is 0.00422. The van der Waals surface area contributed by atoms with E-state index in [9.17, 15) is 28.9 Å². The standard InChI is InChI=1S/C23H23ClFN3O6/c1-12(2)19(27-21(29)14-5-10-17(24)18(11-14)28(32)33)23(31)34-20(22(30)26-16-8-9-16)13-3-6-15(25)7-4-13/h3-7,10-12,16,19-20H,8-9H2,1-2H3,(H,26,30)(H,27,29)/t19-,20+/m0/s1. The van der Waals surface area contributed by atoms with Gasteiger partial charge in [0, 0.05) is 23.2 Å². The average molecular weight is 492 g/mol. The largest absolute Gasteiger partial charge is 0.446 e. The number of esters is 1. The van der Waals surface area contributed by atoms with Crippen molar-refractivity contribution in [3.63, 3.8) is 0 Å². The molecule has 2 N–H and O–H groups in total. The van der Waals surface area contributed by atoms with Crippen molar-refractivity contribution in [3.8, 4) is 0 Å². The van der Waals surface area contributed by atoms with Gasteiger partial charge in [-0.25, -0.2) is 9.18 Å². The van der Waals surface area contributed by atoms with E-state index in [4.69, 9.17) is 16.3 Å². The van der Waals surface area contributed by atoms with E-state index in [1.807, 2.05) is 0 Å². The first-order chi connectivity index (χ1) is 16.1. The zero-order chi connectivity index (χ0) is 25.0. The minimum Gasteiger partial charge on any atom is -0.446 e. The maximum atomic E-state index is 13.4. The second-order valence-corrected chi connectivity index (χ2v) is 8.68. The quantitative estimate of drug-likeness (QED) is 0.313. The van der Waals surface area contributed by atoms with E-state index >= 15 is 0 Å².